The van der Waals surface area contributed by atoms with Gasteiger partial charge in [0.05, 0.1) is 10.9 Å². The molecule has 0 bridgehead atoms. The summed E-state index contributed by atoms with van der Waals surface area (Å²) in [5, 5.41) is 3.34. The van der Waals surface area contributed by atoms with Gasteiger partial charge in [-0.2, -0.15) is 0 Å². The van der Waals surface area contributed by atoms with E-state index in [0.717, 1.165) is 11.3 Å². The van der Waals surface area contributed by atoms with Crippen LogP contribution in [0.15, 0.2) is 65.5 Å². The first-order chi connectivity index (χ1) is 14.1. The summed E-state index contributed by atoms with van der Waals surface area (Å²) in [5.74, 6) is 1.27. The van der Waals surface area contributed by atoms with Crippen LogP contribution in [0.5, 0.6) is 0 Å². The van der Waals surface area contributed by atoms with Gasteiger partial charge in [-0.1, -0.05) is 42.5 Å². The summed E-state index contributed by atoms with van der Waals surface area (Å²) in [5.41, 5.74) is 2.05. The molecule has 0 aliphatic heterocycles. The summed E-state index contributed by atoms with van der Waals surface area (Å²) in [6.07, 6.45) is 0.493. The number of hydrogen-bond acceptors (Lipinski definition) is 5. The van der Waals surface area contributed by atoms with Crippen LogP contribution < -0.4 is 10.9 Å². The second-order valence-electron chi connectivity index (χ2n) is 6.66. The van der Waals surface area contributed by atoms with E-state index >= 15 is 0 Å². The van der Waals surface area contributed by atoms with Crippen LogP contribution in [0.3, 0.4) is 0 Å². The van der Waals surface area contributed by atoms with Crippen molar-refractivity contribution in [1.82, 2.24) is 19.9 Å². The van der Waals surface area contributed by atoms with Gasteiger partial charge in [-0.3, -0.25) is 9.59 Å². The molecule has 2 aromatic carbocycles. The normalized spacial score (nSPS) is 10.8. The number of anilines is 1. The van der Waals surface area contributed by atoms with Crippen LogP contribution in [0.1, 0.15) is 17.9 Å². The van der Waals surface area contributed by atoms with Crippen molar-refractivity contribution in [3.63, 3.8) is 0 Å². The van der Waals surface area contributed by atoms with Gasteiger partial charge in [0.2, 0.25) is 5.91 Å². The van der Waals surface area contributed by atoms with Gasteiger partial charge in [-0.25, -0.2) is 15.0 Å². The molecule has 29 heavy (non-hydrogen) atoms. The molecule has 144 valence electrons. The number of aryl methyl sites for hydroxylation is 2. The third-order valence-corrected chi connectivity index (χ3v) is 4.40. The smallest absolute Gasteiger partial charge is 0.258 e. The molecular weight excluding hydrogens is 366 g/mol. The minimum atomic E-state index is -0.210. The van der Waals surface area contributed by atoms with Gasteiger partial charge >= 0.3 is 0 Å². The highest BCUT2D eigenvalue weighted by Crippen LogP contribution is 2.17. The Morgan fingerprint density at radius 1 is 1.00 bits per heavy atom. The van der Waals surface area contributed by atoms with Crippen molar-refractivity contribution < 1.29 is 4.79 Å². The van der Waals surface area contributed by atoms with Crippen molar-refractivity contribution in [2.75, 3.05) is 5.32 Å². The van der Waals surface area contributed by atoms with Gasteiger partial charge in [-0.05, 0) is 19.1 Å². The molecule has 0 fully saturated rings. The van der Waals surface area contributed by atoms with E-state index < -0.39 is 0 Å². The van der Waals surface area contributed by atoms with Crippen LogP contribution in [0.4, 0.5) is 5.82 Å². The Balaban J connectivity index is 1.46. The Labute approximate surface area is 166 Å². The Hall–Kier alpha value is -3.87. The lowest BCUT2D eigenvalue weighted by Gasteiger charge is -2.08. The molecule has 0 spiro atoms. The number of fused-ring (bicyclic) bond motifs is 1. The van der Waals surface area contributed by atoms with Crippen LogP contribution in [-0.2, 0) is 11.2 Å². The minimum absolute atomic E-state index is 0.172. The summed E-state index contributed by atoms with van der Waals surface area (Å²) in [6, 6.07) is 18.4. The molecule has 2 heterocycles. The van der Waals surface area contributed by atoms with Crippen molar-refractivity contribution >= 4 is 22.6 Å². The highest BCUT2D eigenvalue weighted by atomic mass is 16.1. The van der Waals surface area contributed by atoms with Crippen LogP contribution in [-0.4, -0.2) is 25.8 Å². The standard InChI is InChI=1S/C22H19N5O2/c1-14-13-19(26-21(23-14)15-7-3-2-4-8-15)25-20(28)12-11-18-24-17-10-6-5-9-16(17)22(29)27-18/h2-10,13H,11-12H2,1H3,(H,24,27,29)(H,23,25,26,28). The quantitative estimate of drug-likeness (QED) is 0.549. The van der Waals surface area contributed by atoms with Gasteiger partial charge in [0.1, 0.15) is 11.6 Å². The number of para-hydroxylation sites is 1. The number of benzene rings is 2. The van der Waals surface area contributed by atoms with E-state index in [1.807, 2.05) is 43.3 Å². The number of rotatable bonds is 5. The van der Waals surface area contributed by atoms with Crippen LogP contribution in [0.2, 0.25) is 0 Å². The first kappa shape index (κ1) is 18.5. The molecule has 0 radical (unpaired) electrons. The van der Waals surface area contributed by atoms with Crippen molar-refractivity contribution in [2.45, 2.75) is 19.8 Å². The molecule has 7 heteroatoms. The maximum absolute atomic E-state index is 12.4. The largest absolute Gasteiger partial charge is 0.311 e. The molecule has 0 aliphatic rings. The summed E-state index contributed by atoms with van der Waals surface area (Å²) < 4.78 is 0. The summed E-state index contributed by atoms with van der Waals surface area (Å²) in [4.78, 5) is 40.6. The van der Waals surface area contributed by atoms with Crippen LogP contribution in [0, 0.1) is 6.92 Å². The Kier molecular flexibility index (Phi) is 5.11. The van der Waals surface area contributed by atoms with Crippen molar-refractivity contribution in [2.24, 2.45) is 0 Å². The monoisotopic (exact) mass is 385 g/mol. The fourth-order valence-electron chi connectivity index (χ4n) is 3.04. The Morgan fingerprint density at radius 3 is 2.59 bits per heavy atom. The SMILES string of the molecule is Cc1cc(NC(=O)CCc2nc3ccccc3c(=O)[nH]2)nc(-c2ccccc2)n1. The molecule has 0 aliphatic carbocycles. The summed E-state index contributed by atoms with van der Waals surface area (Å²) in [6.45, 7) is 1.85. The second-order valence-corrected chi connectivity index (χ2v) is 6.66. The van der Waals surface area contributed by atoms with Crippen LogP contribution in [0.25, 0.3) is 22.3 Å². The summed E-state index contributed by atoms with van der Waals surface area (Å²) >= 11 is 0. The lowest BCUT2D eigenvalue weighted by atomic mass is 10.2. The molecule has 2 aromatic heterocycles. The first-order valence-corrected chi connectivity index (χ1v) is 9.27. The van der Waals surface area contributed by atoms with E-state index in [1.54, 1.807) is 24.3 Å². The van der Waals surface area contributed by atoms with E-state index in [1.165, 1.54) is 0 Å². The van der Waals surface area contributed by atoms with Gasteiger partial charge in [0.15, 0.2) is 5.82 Å². The van der Waals surface area contributed by atoms with E-state index in [-0.39, 0.29) is 17.9 Å². The predicted molar refractivity (Wildman–Crippen MR) is 112 cm³/mol. The maximum Gasteiger partial charge on any atom is 0.258 e. The highest BCUT2D eigenvalue weighted by molar-refractivity contribution is 5.90. The van der Waals surface area contributed by atoms with E-state index in [2.05, 4.69) is 25.3 Å². The fourth-order valence-corrected chi connectivity index (χ4v) is 3.04. The van der Waals surface area contributed by atoms with Crippen molar-refractivity contribution in [3.05, 3.63) is 82.5 Å². The molecule has 4 aromatic rings. The zero-order valence-electron chi connectivity index (χ0n) is 15.8. The number of carbonyl (C=O) groups is 1. The number of H-pyrrole nitrogens is 1. The fraction of sp³-hybridized carbons (Fsp3) is 0.136. The van der Waals surface area contributed by atoms with Gasteiger partial charge in [0.25, 0.3) is 5.56 Å². The number of carbonyl (C=O) groups excluding carboxylic acids is 1. The molecule has 0 saturated carbocycles. The van der Waals surface area contributed by atoms with Gasteiger partial charge < -0.3 is 10.3 Å². The van der Waals surface area contributed by atoms with Gasteiger partial charge in [-0.15, -0.1) is 0 Å². The second kappa shape index (κ2) is 8.02. The molecule has 0 atom stereocenters. The van der Waals surface area contributed by atoms with Crippen LogP contribution >= 0.6 is 0 Å². The molecule has 7 nitrogen and oxygen atoms in total. The number of aromatic nitrogens is 4. The molecule has 4 rings (SSSR count). The number of nitrogens with zero attached hydrogens (tertiary/aromatic N) is 3. The minimum Gasteiger partial charge on any atom is -0.311 e. The lowest BCUT2D eigenvalue weighted by Crippen LogP contribution is -2.17. The average molecular weight is 385 g/mol. The average Bonchev–Trinajstić information content (AvgIpc) is 2.72. The van der Waals surface area contributed by atoms with Crippen molar-refractivity contribution in [1.29, 1.82) is 0 Å². The topological polar surface area (TPSA) is 101 Å². The molecular formula is C22H19N5O2. The predicted octanol–water partition coefficient (Wildman–Crippen LogP) is 3.26. The summed E-state index contributed by atoms with van der Waals surface area (Å²) in [7, 11) is 0. The lowest BCUT2D eigenvalue weighted by molar-refractivity contribution is -0.116. The molecule has 0 unspecified atom stereocenters. The van der Waals surface area contributed by atoms with E-state index in [4.69, 9.17) is 0 Å². The third kappa shape index (κ3) is 4.35. The van der Waals surface area contributed by atoms with E-state index in [9.17, 15) is 9.59 Å². The number of aromatic amines is 1. The number of hydrogen-bond donors (Lipinski definition) is 2. The first-order valence-electron chi connectivity index (χ1n) is 9.27. The van der Waals surface area contributed by atoms with Crippen molar-refractivity contribution in [3.8, 4) is 11.4 Å². The van der Waals surface area contributed by atoms with E-state index in [0.29, 0.717) is 34.8 Å². The maximum atomic E-state index is 12.4. The third-order valence-electron chi connectivity index (χ3n) is 4.40. The zero-order chi connectivity index (χ0) is 20.2. The Bertz CT molecular complexity index is 1230. The molecule has 2 N–H and O–H groups in total. The molecule has 0 saturated heterocycles. The molecule has 1 amide bonds. The number of amides is 1. The number of nitrogens with one attached hydrogen (secondary N) is 2. The van der Waals surface area contributed by atoms with Gasteiger partial charge in [0, 0.05) is 30.2 Å². The zero-order valence-corrected chi connectivity index (χ0v) is 15.8. The Morgan fingerprint density at radius 2 is 1.76 bits per heavy atom. The highest BCUT2D eigenvalue weighted by Gasteiger charge is 2.10.